The van der Waals surface area contributed by atoms with Crippen LogP contribution in [0.15, 0.2) is 30.3 Å². The third-order valence-corrected chi connectivity index (χ3v) is 14.1. The van der Waals surface area contributed by atoms with Gasteiger partial charge in [-0.15, -0.1) is 15.8 Å². The van der Waals surface area contributed by atoms with E-state index in [2.05, 4.69) is 43.7 Å². The Kier molecular flexibility index (Phi) is 6.13. The van der Waals surface area contributed by atoms with E-state index in [-0.39, 0.29) is 7.92 Å². The molecule has 0 aromatic heterocycles. The summed E-state index contributed by atoms with van der Waals surface area (Å²) >= 11 is 0. The fourth-order valence-corrected chi connectivity index (χ4v) is 13.2. The molecule has 2 fully saturated rings. The maximum Gasteiger partial charge on any atom is -0.0169 e. The Labute approximate surface area is 134 Å². The van der Waals surface area contributed by atoms with Crippen molar-refractivity contribution in [3.63, 3.8) is 0 Å². The minimum atomic E-state index is 0.101. The highest BCUT2D eigenvalue weighted by atomic mass is 31.1. The van der Waals surface area contributed by atoms with Gasteiger partial charge in [-0.05, 0) is 80.3 Å². The summed E-state index contributed by atoms with van der Waals surface area (Å²) in [6.45, 7) is 5.13. The first-order valence-electron chi connectivity index (χ1n) is 8.44. The first-order chi connectivity index (χ1) is 10.2. The molecule has 0 saturated carbocycles. The van der Waals surface area contributed by atoms with Crippen LogP contribution in [0.3, 0.4) is 0 Å². The van der Waals surface area contributed by atoms with Gasteiger partial charge in [-0.2, -0.15) is 0 Å². The number of rotatable bonds is 5. The lowest BCUT2D eigenvalue weighted by Crippen LogP contribution is -2.18. The standard InChI is InChI=1S/C18H29P3/c1-19-12-6-10-17(19)14-21(16-8-4-3-5-9-16)15-18-11-7-13-20(18)2/h3-5,8-9,17-18H,6-7,10-15H2,1-2H3. The van der Waals surface area contributed by atoms with Crippen LogP contribution < -0.4 is 5.30 Å². The van der Waals surface area contributed by atoms with Gasteiger partial charge in [-0.3, -0.25) is 0 Å². The predicted molar refractivity (Wildman–Crippen MR) is 104 cm³/mol. The van der Waals surface area contributed by atoms with Crippen LogP contribution in [0.1, 0.15) is 25.7 Å². The fourth-order valence-electron chi connectivity index (χ4n) is 3.85. The molecule has 0 aliphatic carbocycles. The second kappa shape index (κ2) is 7.86. The molecule has 2 heterocycles. The van der Waals surface area contributed by atoms with Crippen LogP contribution in [0.4, 0.5) is 0 Å². The second-order valence-electron chi connectivity index (χ2n) is 6.79. The van der Waals surface area contributed by atoms with Gasteiger partial charge in [0, 0.05) is 0 Å². The summed E-state index contributed by atoms with van der Waals surface area (Å²) in [5.41, 5.74) is 2.16. The van der Waals surface area contributed by atoms with Crippen LogP contribution in [0, 0.1) is 0 Å². The van der Waals surface area contributed by atoms with Crippen LogP contribution in [-0.4, -0.2) is 49.3 Å². The van der Waals surface area contributed by atoms with E-state index in [1.54, 1.807) is 30.0 Å². The first-order valence-corrected chi connectivity index (χ1v) is 14.2. The first kappa shape index (κ1) is 16.4. The Morgan fingerprint density at radius 1 is 0.905 bits per heavy atom. The van der Waals surface area contributed by atoms with Gasteiger partial charge in [0.25, 0.3) is 0 Å². The zero-order valence-corrected chi connectivity index (χ0v) is 16.2. The van der Waals surface area contributed by atoms with E-state index in [9.17, 15) is 0 Å². The average molecular weight is 338 g/mol. The highest BCUT2D eigenvalue weighted by Crippen LogP contribution is 2.56. The van der Waals surface area contributed by atoms with Crippen LogP contribution in [0.5, 0.6) is 0 Å². The monoisotopic (exact) mass is 338 g/mol. The minimum absolute atomic E-state index is 0.101. The molecule has 3 heteroatoms. The van der Waals surface area contributed by atoms with E-state index in [0.29, 0.717) is 15.8 Å². The van der Waals surface area contributed by atoms with Crippen molar-refractivity contribution in [2.75, 3.05) is 38.0 Å². The van der Waals surface area contributed by atoms with E-state index >= 15 is 0 Å². The van der Waals surface area contributed by atoms with Gasteiger partial charge >= 0.3 is 0 Å². The Morgan fingerprint density at radius 3 is 1.86 bits per heavy atom. The summed E-state index contributed by atoms with van der Waals surface area (Å²) in [6.07, 6.45) is 12.2. The third kappa shape index (κ3) is 4.28. The maximum absolute atomic E-state index is 2.56. The van der Waals surface area contributed by atoms with Crippen LogP contribution in [-0.2, 0) is 0 Å². The molecule has 0 nitrogen and oxygen atoms in total. The Hall–Kier alpha value is 0.510. The summed E-state index contributed by atoms with van der Waals surface area (Å²) in [5.74, 6) is 0. The van der Waals surface area contributed by atoms with Crippen molar-refractivity contribution in [3.05, 3.63) is 30.3 Å². The SMILES string of the molecule is CP1CCCC1CP(CC1CCCP1C)c1ccccc1. The Bertz CT molecular complexity index is 411. The third-order valence-electron chi connectivity index (χ3n) is 5.33. The van der Waals surface area contributed by atoms with Crippen molar-refractivity contribution in [1.82, 2.24) is 0 Å². The lowest BCUT2D eigenvalue weighted by molar-refractivity contribution is 0.826. The molecule has 1 aromatic rings. The lowest BCUT2D eigenvalue weighted by Gasteiger charge is -2.28. The maximum atomic E-state index is 2.56. The normalized spacial score (nSPS) is 34.2. The molecule has 0 amide bonds. The van der Waals surface area contributed by atoms with E-state index in [0.717, 1.165) is 11.3 Å². The quantitative estimate of drug-likeness (QED) is 0.636. The van der Waals surface area contributed by atoms with Crippen molar-refractivity contribution in [3.8, 4) is 0 Å². The van der Waals surface area contributed by atoms with Gasteiger partial charge in [-0.25, -0.2) is 0 Å². The van der Waals surface area contributed by atoms with E-state index in [1.807, 2.05) is 0 Å². The summed E-state index contributed by atoms with van der Waals surface area (Å²) in [6, 6.07) is 11.5. The zero-order valence-electron chi connectivity index (χ0n) is 13.5. The largest absolute Gasteiger partial charge is 0.106 e. The second-order valence-corrected chi connectivity index (χ2v) is 14.5. The highest BCUT2D eigenvalue weighted by Gasteiger charge is 2.30. The number of benzene rings is 1. The van der Waals surface area contributed by atoms with Gasteiger partial charge in [0.2, 0.25) is 0 Å². The minimum Gasteiger partial charge on any atom is -0.106 e. The van der Waals surface area contributed by atoms with Gasteiger partial charge in [0.1, 0.15) is 0 Å². The lowest BCUT2D eigenvalue weighted by atomic mass is 10.3. The summed E-state index contributed by atoms with van der Waals surface area (Å²) in [5, 5.41) is 1.69. The average Bonchev–Trinajstić information content (AvgIpc) is 3.09. The molecule has 1 aromatic carbocycles. The smallest absolute Gasteiger partial charge is 0.0169 e. The number of hydrogen-bond acceptors (Lipinski definition) is 0. The topological polar surface area (TPSA) is 0 Å². The molecule has 21 heavy (non-hydrogen) atoms. The van der Waals surface area contributed by atoms with Crippen LogP contribution in [0.2, 0.25) is 0 Å². The molecule has 0 bridgehead atoms. The molecule has 3 rings (SSSR count). The molecular formula is C18H29P3. The Morgan fingerprint density at radius 2 is 1.43 bits per heavy atom. The van der Waals surface area contributed by atoms with E-state index in [4.69, 9.17) is 0 Å². The highest BCUT2D eigenvalue weighted by molar-refractivity contribution is 7.68. The summed E-state index contributed by atoms with van der Waals surface area (Å²) in [4.78, 5) is 0. The molecule has 0 N–H and O–H groups in total. The fraction of sp³-hybridized carbons (Fsp3) is 0.667. The summed E-state index contributed by atoms with van der Waals surface area (Å²) in [7, 11) is 0.784. The molecule has 2 aliphatic rings. The molecule has 0 spiro atoms. The number of hydrogen-bond donors (Lipinski definition) is 0. The predicted octanol–water partition coefficient (Wildman–Crippen LogP) is 5.34. The van der Waals surface area contributed by atoms with Crippen molar-refractivity contribution in [2.45, 2.75) is 37.0 Å². The van der Waals surface area contributed by atoms with Crippen molar-refractivity contribution >= 4 is 29.1 Å². The molecular weight excluding hydrogens is 309 g/mol. The van der Waals surface area contributed by atoms with Gasteiger partial charge in [0.15, 0.2) is 0 Å². The molecule has 0 radical (unpaired) electrons. The molecule has 2 aliphatic heterocycles. The Balaban J connectivity index is 1.71. The van der Waals surface area contributed by atoms with Crippen molar-refractivity contribution in [1.29, 1.82) is 0 Å². The van der Waals surface area contributed by atoms with Gasteiger partial charge < -0.3 is 0 Å². The zero-order chi connectivity index (χ0) is 14.7. The van der Waals surface area contributed by atoms with Crippen molar-refractivity contribution < 1.29 is 0 Å². The molecule has 116 valence electrons. The van der Waals surface area contributed by atoms with Crippen molar-refractivity contribution in [2.24, 2.45) is 0 Å². The van der Waals surface area contributed by atoms with Gasteiger partial charge in [-0.1, -0.05) is 38.3 Å². The van der Waals surface area contributed by atoms with E-state index in [1.165, 1.54) is 25.7 Å². The molecule has 2 saturated heterocycles. The van der Waals surface area contributed by atoms with Gasteiger partial charge in [0.05, 0.1) is 0 Å². The summed E-state index contributed by atoms with van der Waals surface area (Å²) < 4.78 is 0. The van der Waals surface area contributed by atoms with Crippen LogP contribution >= 0.6 is 23.8 Å². The van der Waals surface area contributed by atoms with Crippen LogP contribution in [0.25, 0.3) is 0 Å². The molecule has 4 unspecified atom stereocenters. The van der Waals surface area contributed by atoms with E-state index < -0.39 is 0 Å². The molecule has 4 atom stereocenters.